The van der Waals surface area contributed by atoms with Crippen LogP contribution in [0.3, 0.4) is 0 Å². The molecule has 110 valence electrons. The van der Waals surface area contributed by atoms with Gasteiger partial charge in [-0.3, -0.25) is 4.79 Å². The topological polar surface area (TPSA) is 29.1 Å². The second-order valence-electron chi connectivity index (χ2n) is 5.45. The van der Waals surface area contributed by atoms with Crippen molar-refractivity contribution in [3.8, 4) is 0 Å². The van der Waals surface area contributed by atoms with Crippen molar-refractivity contribution < 1.29 is 4.79 Å². The number of hydrogen-bond donors (Lipinski definition) is 1. The standard InChI is InChI=1S/C19H23NO/c1-15(18-11-6-12-19(14-18)16(2)21)20-13-7-10-17-8-4-3-5-9-17/h3-6,8-9,11-12,14-15,20H,7,10,13H2,1-2H3/t15-/m1/s1. The SMILES string of the molecule is CC(=O)c1cccc([C@@H](C)NCCCc2ccccc2)c1. The van der Waals surface area contributed by atoms with Gasteiger partial charge in [0.25, 0.3) is 0 Å². The van der Waals surface area contributed by atoms with Gasteiger partial charge in [0.15, 0.2) is 5.78 Å². The van der Waals surface area contributed by atoms with Crippen molar-refractivity contribution in [2.45, 2.75) is 32.7 Å². The van der Waals surface area contributed by atoms with E-state index in [1.807, 2.05) is 24.3 Å². The molecule has 0 aromatic heterocycles. The molecule has 2 aromatic carbocycles. The Balaban J connectivity index is 1.80. The summed E-state index contributed by atoms with van der Waals surface area (Å²) < 4.78 is 0. The van der Waals surface area contributed by atoms with Gasteiger partial charge in [0.05, 0.1) is 0 Å². The summed E-state index contributed by atoms with van der Waals surface area (Å²) in [4.78, 5) is 11.4. The van der Waals surface area contributed by atoms with Crippen molar-refractivity contribution >= 4 is 5.78 Å². The number of Topliss-reactive ketones (excluding diaryl/α,β-unsaturated/α-hetero) is 1. The van der Waals surface area contributed by atoms with Crippen molar-refractivity contribution in [2.24, 2.45) is 0 Å². The number of benzene rings is 2. The fraction of sp³-hybridized carbons (Fsp3) is 0.316. The number of aryl methyl sites for hydroxylation is 1. The molecule has 2 aromatic rings. The van der Waals surface area contributed by atoms with E-state index in [0.29, 0.717) is 0 Å². The van der Waals surface area contributed by atoms with Crippen LogP contribution in [-0.2, 0) is 6.42 Å². The van der Waals surface area contributed by atoms with Crippen LogP contribution in [0.25, 0.3) is 0 Å². The van der Waals surface area contributed by atoms with Gasteiger partial charge in [-0.25, -0.2) is 0 Å². The predicted octanol–water partition coefficient (Wildman–Crippen LogP) is 4.17. The van der Waals surface area contributed by atoms with Crippen LogP contribution in [0.4, 0.5) is 0 Å². The number of ketones is 1. The maximum Gasteiger partial charge on any atom is 0.159 e. The summed E-state index contributed by atoms with van der Waals surface area (Å²) in [6, 6.07) is 18.7. The summed E-state index contributed by atoms with van der Waals surface area (Å²) in [5.74, 6) is 0.119. The van der Waals surface area contributed by atoms with E-state index in [9.17, 15) is 4.79 Å². The van der Waals surface area contributed by atoms with Gasteiger partial charge in [-0.05, 0) is 50.4 Å². The molecule has 0 unspecified atom stereocenters. The van der Waals surface area contributed by atoms with Gasteiger partial charge in [0, 0.05) is 11.6 Å². The van der Waals surface area contributed by atoms with Crippen LogP contribution in [0.5, 0.6) is 0 Å². The average Bonchev–Trinajstić information content (AvgIpc) is 2.52. The predicted molar refractivity (Wildman–Crippen MR) is 87.6 cm³/mol. The highest BCUT2D eigenvalue weighted by Gasteiger charge is 2.06. The van der Waals surface area contributed by atoms with Crippen molar-refractivity contribution in [3.05, 3.63) is 71.3 Å². The first kappa shape index (κ1) is 15.5. The Morgan fingerprint density at radius 2 is 1.86 bits per heavy atom. The minimum absolute atomic E-state index is 0.119. The quantitative estimate of drug-likeness (QED) is 0.609. The molecule has 0 heterocycles. The number of hydrogen-bond acceptors (Lipinski definition) is 2. The van der Waals surface area contributed by atoms with E-state index in [1.165, 1.54) is 11.1 Å². The van der Waals surface area contributed by atoms with Crippen molar-refractivity contribution in [2.75, 3.05) is 6.54 Å². The molecule has 0 radical (unpaired) electrons. The largest absolute Gasteiger partial charge is 0.310 e. The maximum absolute atomic E-state index is 11.4. The molecule has 0 bridgehead atoms. The Labute approximate surface area is 127 Å². The van der Waals surface area contributed by atoms with Gasteiger partial charge in [-0.1, -0.05) is 48.5 Å². The van der Waals surface area contributed by atoms with Crippen LogP contribution >= 0.6 is 0 Å². The molecule has 0 aliphatic carbocycles. The minimum Gasteiger partial charge on any atom is -0.310 e. The zero-order chi connectivity index (χ0) is 15.1. The van der Waals surface area contributed by atoms with Crippen molar-refractivity contribution in [1.29, 1.82) is 0 Å². The molecule has 1 atom stereocenters. The van der Waals surface area contributed by atoms with Gasteiger partial charge >= 0.3 is 0 Å². The van der Waals surface area contributed by atoms with E-state index in [0.717, 1.165) is 24.9 Å². The van der Waals surface area contributed by atoms with Crippen LogP contribution < -0.4 is 5.32 Å². The molecule has 0 saturated heterocycles. The molecule has 0 fully saturated rings. The maximum atomic E-state index is 11.4. The summed E-state index contributed by atoms with van der Waals surface area (Å²) in [6.07, 6.45) is 2.20. The summed E-state index contributed by atoms with van der Waals surface area (Å²) in [7, 11) is 0. The minimum atomic E-state index is 0.119. The molecule has 1 N–H and O–H groups in total. The lowest BCUT2D eigenvalue weighted by molar-refractivity contribution is 0.101. The van der Waals surface area contributed by atoms with E-state index in [2.05, 4.69) is 42.6 Å². The summed E-state index contributed by atoms with van der Waals surface area (Å²) in [6.45, 7) is 4.72. The van der Waals surface area contributed by atoms with E-state index < -0.39 is 0 Å². The molecule has 0 aliphatic heterocycles. The van der Waals surface area contributed by atoms with Crippen LogP contribution in [0.15, 0.2) is 54.6 Å². The first-order valence-corrected chi connectivity index (χ1v) is 7.55. The Hall–Kier alpha value is -1.93. The first-order chi connectivity index (χ1) is 10.2. The molecule has 2 heteroatoms. The summed E-state index contributed by atoms with van der Waals surface area (Å²) in [5.41, 5.74) is 3.33. The lowest BCUT2D eigenvalue weighted by Crippen LogP contribution is -2.20. The van der Waals surface area contributed by atoms with Crippen LogP contribution in [0, 0.1) is 0 Å². The third-order valence-corrected chi connectivity index (χ3v) is 3.73. The van der Waals surface area contributed by atoms with Gasteiger partial charge in [-0.15, -0.1) is 0 Å². The second-order valence-corrected chi connectivity index (χ2v) is 5.45. The van der Waals surface area contributed by atoms with E-state index >= 15 is 0 Å². The van der Waals surface area contributed by atoms with Crippen LogP contribution in [-0.4, -0.2) is 12.3 Å². The third-order valence-electron chi connectivity index (χ3n) is 3.73. The molecule has 2 nitrogen and oxygen atoms in total. The van der Waals surface area contributed by atoms with E-state index in [-0.39, 0.29) is 11.8 Å². The zero-order valence-corrected chi connectivity index (χ0v) is 12.8. The third kappa shape index (κ3) is 4.83. The van der Waals surface area contributed by atoms with Gasteiger partial charge < -0.3 is 5.32 Å². The molecule has 0 saturated carbocycles. The van der Waals surface area contributed by atoms with E-state index in [1.54, 1.807) is 6.92 Å². The highest BCUT2D eigenvalue weighted by Crippen LogP contribution is 2.14. The second kappa shape index (κ2) is 7.75. The lowest BCUT2D eigenvalue weighted by atomic mass is 10.0. The van der Waals surface area contributed by atoms with Crippen LogP contribution in [0.1, 0.15) is 47.8 Å². The Kier molecular flexibility index (Phi) is 5.70. The van der Waals surface area contributed by atoms with Gasteiger partial charge in [0.1, 0.15) is 0 Å². The van der Waals surface area contributed by atoms with Crippen molar-refractivity contribution in [1.82, 2.24) is 5.32 Å². The highest BCUT2D eigenvalue weighted by molar-refractivity contribution is 5.94. The normalized spacial score (nSPS) is 12.1. The smallest absolute Gasteiger partial charge is 0.159 e. The zero-order valence-electron chi connectivity index (χ0n) is 12.8. The average molecular weight is 281 g/mol. The lowest BCUT2D eigenvalue weighted by Gasteiger charge is -2.15. The first-order valence-electron chi connectivity index (χ1n) is 7.55. The monoisotopic (exact) mass is 281 g/mol. The summed E-state index contributed by atoms with van der Waals surface area (Å²) in [5, 5.41) is 3.52. The fourth-order valence-corrected chi connectivity index (χ4v) is 2.40. The number of nitrogens with one attached hydrogen (secondary N) is 1. The molecular formula is C19H23NO. The number of carbonyl (C=O) groups is 1. The Bertz CT molecular complexity index is 577. The molecular weight excluding hydrogens is 258 g/mol. The fourth-order valence-electron chi connectivity index (χ4n) is 2.40. The summed E-state index contributed by atoms with van der Waals surface area (Å²) >= 11 is 0. The van der Waals surface area contributed by atoms with Crippen molar-refractivity contribution in [3.63, 3.8) is 0 Å². The molecule has 21 heavy (non-hydrogen) atoms. The van der Waals surface area contributed by atoms with Crippen LogP contribution in [0.2, 0.25) is 0 Å². The molecule has 2 rings (SSSR count). The number of rotatable bonds is 7. The molecule has 0 amide bonds. The number of carbonyl (C=O) groups excluding carboxylic acids is 1. The van der Waals surface area contributed by atoms with E-state index in [4.69, 9.17) is 0 Å². The Morgan fingerprint density at radius 1 is 1.10 bits per heavy atom. The highest BCUT2D eigenvalue weighted by atomic mass is 16.1. The molecule has 0 aliphatic rings. The van der Waals surface area contributed by atoms with Gasteiger partial charge in [0.2, 0.25) is 0 Å². The van der Waals surface area contributed by atoms with Gasteiger partial charge in [-0.2, -0.15) is 0 Å². The Morgan fingerprint density at radius 3 is 2.57 bits per heavy atom. The molecule has 0 spiro atoms.